The molecule has 0 radical (unpaired) electrons. The molecule has 2 heterocycles. The van der Waals surface area contributed by atoms with Crippen molar-refractivity contribution in [2.45, 2.75) is 63.8 Å². The maximum absolute atomic E-state index is 3.84. The number of aromatic amines is 1. The van der Waals surface area contributed by atoms with Crippen molar-refractivity contribution in [3.63, 3.8) is 0 Å². The van der Waals surface area contributed by atoms with E-state index >= 15 is 0 Å². The summed E-state index contributed by atoms with van der Waals surface area (Å²) in [5.74, 6) is 0.761. The lowest BCUT2D eigenvalue weighted by molar-refractivity contribution is 0.442. The summed E-state index contributed by atoms with van der Waals surface area (Å²) < 4.78 is 0. The van der Waals surface area contributed by atoms with Gasteiger partial charge in [-0.2, -0.15) is 0 Å². The maximum Gasteiger partial charge on any atom is 0.0517 e. The number of hydrogen-bond acceptors (Lipinski definition) is 1. The summed E-state index contributed by atoms with van der Waals surface area (Å²) in [7, 11) is 0. The minimum absolute atomic E-state index is 0.348. The first kappa shape index (κ1) is 19.1. The van der Waals surface area contributed by atoms with E-state index in [1.807, 2.05) is 0 Å². The van der Waals surface area contributed by atoms with Crippen LogP contribution in [0.4, 0.5) is 0 Å². The summed E-state index contributed by atoms with van der Waals surface area (Å²) in [5.41, 5.74) is 8.80. The second-order valence-corrected chi connectivity index (χ2v) is 9.71. The number of aromatic nitrogens is 1. The quantitative estimate of drug-likeness (QED) is 0.371. The minimum atomic E-state index is 0.348. The van der Waals surface area contributed by atoms with Crippen molar-refractivity contribution in [3.05, 3.63) is 82.5 Å². The Kier molecular flexibility index (Phi) is 4.84. The van der Waals surface area contributed by atoms with Crippen molar-refractivity contribution >= 4 is 21.7 Å². The van der Waals surface area contributed by atoms with Crippen molar-refractivity contribution in [2.24, 2.45) is 0 Å². The molecular formula is C29H32N2. The number of fused-ring (bicyclic) bond motifs is 4. The standard InChI is InChI=1S/C29H32N2/c1-19-16-27-26(18-25(19)21-8-3-2-4-9-21)24-14-15-30-28(29(24)31-27)17-22-12-7-11-20-10-5-6-13-23(20)22/h5-7,10-13,16,18,21,28,30-31H,2-4,8-9,14-15,17H2,1H3. The second kappa shape index (κ2) is 7.84. The van der Waals surface area contributed by atoms with Crippen molar-refractivity contribution < 1.29 is 0 Å². The third kappa shape index (κ3) is 3.38. The van der Waals surface area contributed by atoms with Crippen LogP contribution in [0.5, 0.6) is 0 Å². The highest BCUT2D eigenvalue weighted by Crippen LogP contribution is 2.39. The number of nitrogens with one attached hydrogen (secondary N) is 2. The van der Waals surface area contributed by atoms with Crippen LogP contribution in [0.15, 0.2) is 54.6 Å². The fourth-order valence-corrected chi connectivity index (χ4v) is 6.20. The zero-order chi connectivity index (χ0) is 20.8. The molecule has 31 heavy (non-hydrogen) atoms. The largest absolute Gasteiger partial charge is 0.357 e. The van der Waals surface area contributed by atoms with Gasteiger partial charge in [0.25, 0.3) is 0 Å². The fraction of sp³-hybridized carbons (Fsp3) is 0.379. The normalized spacial score (nSPS) is 19.7. The number of aryl methyl sites for hydroxylation is 1. The predicted molar refractivity (Wildman–Crippen MR) is 131 cm³/mol. The van der Waals surface area contributed by atoms with E-state index in [1.54, 1.807) is 11.1 Å². The van der Waals surface area contributed by atoms with Gasteiger partial charge in [-0.15, -0.1) is 0 Å². The number of hydrogen-bond donors (Lipinski definition) is 2. The third-order valence-corrected chi connectivity index (χ3v) is 7.79. The van der Waals surface area contributed by atoms with Crippen molar-refractivity contribution in [1.82, 2.24) is 10.3 Å². The SMILES string of the molecule is Cc1cc2[nH]c3c(c2cc1C1CCCCC1)CCNC3Cc1cccc2ccccc12. The highest BCUT2D eigenvalue weighted by atomic mass is 15.0. The van der Waals surface area contributed by atoms with Gasteiger partial charge in [0.15, 0.2) is 0 Å². The minimum Gasteiger partial charge on any atom is -0.357 e. The molecule has 6 rings (SSSR count). The van der Waals surface area contributed by atoms with Crippen LogP contribution in [0.2, 0.25) is 0 Å². The first-order chi connectivity index (χ1) is 15.3. The molecule has 0 saturated heterocycles. The van der Waals surface area contributed by atoms with Crippen LogP contribution in [0, 0.1) is 6.92 Å². The molecule has 158 valence electrons. The summed E-state index contributed by atoms with van der Waals surface area (Å²) in [6.45, 7) is 3.37. The summed E-state index contributed by atoms with van der Waals surface area (Å²) >= 11 is 0. The van der Waals surface area contributed by atoms with Crippen LogP contribution in [-0.2, 0) is 12.8 Å². The predicted octanol–water partition coefficient (Wildman–Crippen LogP) is 7.11. The first-order valence-corrected chi connectivity index (χ1v) is 12.1. The van der Waals surface area contributed by atoms with E-state index in [-0.39, 0.29) is 0 Å². The summed E-state index contributed by atoms with van der Waals surface area (Å²) in [6, 6.07) is 20.8. The molecule has 1 fully saturated rings. The van der Waals surface area contributed by atoms with Crippen LogP contribution in [0.25, 0.3) is 21.7 Å². The van der Waals surface area contributed by atoms with Gasteiger partial charge in [-0.1, -0.05) is 61.7 Å². The number of H-pyrrole nitrogens is 1. The van der Waals surface area contributed by atoms with Crippen LogP contribution < -0.4 is 5.32 Å². The van der Waals surface area contributed by atoms with Gasteiger partial charge in [0.05, 0.1) is 6.04 Å². The molecule has 1 aliphatic heterocycles. The smallest absolute Gasteiger partial charge is 0.0517 e. The van der Waals surface area contributed by atoms with Gasteiger partial charge in [0, 0.05) is 16.6 Å². The zero-order valence-electron chi connectivity index (χ0n) is 18.5. The third-order valence-electron chi connectivity index (χ3n) is 7.79. The van der Waals surface area contributed by atoms with Crippen LogP contribution in [0.1, 0.15) is 72.0 Å². The molecule has 0 bridgehead atoms. The molecule has 2 N–H and O–H groups in total. The lowest BCUT2D eigenvalue weighted by atomic mass is 9.81. The Hall–Kier alpha value is -2.58. The van der Waals surface area contributed by atoms with E-state index in [0.717, 1.165) is 25.3 Å². The molecule has 0 spiro atoms. The summed E-state index contributed by atoms with van der Waals surface area (Å²) in [5, 5.41) is 8.00. The molecule has 1 atom stereocenters. The average molecular weight is 409 g/mol. The fourth-order valence-electron chi connectivity index (χ4n) is 6.20. The van der Waals surface area contributed by atoms with Crippen LogP contribution in [0.3, 0.4) is 0 Å². The molecule has 3 aromatic carbocycles. The average Bonchev–Trinajstić information content (AvgIpc) is 3.17. The topological polar surface area (TPSA) is 27.8 Å². The van der Waals surface area contributed by atoms with Crippen molar-refractivity contribution in [1.29, 1.82) is 0 Å². The molecular weight excluding hydrogens is 376 g/mol. The van der Waals surface area contributed by atoms with Gasteiger partial charge in [0.2, 0.25) is 0 Å². The Morgan fingerprint density at radius 2 is 1.74 bits per heavy atom. The lowest BCUT2D eigenvalue weighted by Crippen LogP contribution is -2.31. The molecule has 2 aliphatic rings. The molecule has 2 heteroatoms. The molecule has 1 saturated carbocycles. The zero-order valence-corrected chi connectivity index (χ0v) is 18.5. The van der Waals surface area contributed by atoms with Crippen LogP contribution in [-0.4, -0.2) is 11.5 Å². The number of rotatable bonds is 3. The highest BCUT2D eigenvalue weighted by Gasteiger charge is 2.26. The van der Waals surface area contributed by atoms with E-state index in [1.165, 1.54) is 70.6 Å². The molecule has 4 aromatic rings. The van der Waals surface area contributed by atoms with E-state index in [9.17, 15) is 0 Å². The van der Waals surface area contributed by atoms with E-state index in [4.69, 9.17) is 0 Å². The maximum atomic E-state index is 3.84. The Labute approximate surface area is 185 Å². The van der Waals surface area contributed by atoms with Gasteiger partial charge < -0.3 is 10.3 Å². The molecule has 1 aliphatic carbocycles. The molecule has 1 unspecified atom stereocenters. The van der Waals surface area contributed by atoms with Gasteiger partial charge in [0.1, 0.15) is 0 Å². The highest BCUT2D eigenvalue weighted by molar-refractivity contribution is 5.88. The molecule has 0 amide bonds. The van der Waals surface area contributed by atoms with Gasteiger partial charge >= 0.3 is 0 Å². The molecule has 1 aromatic heterocycles. The van der Waals surface area contributed by atoms with Crippen LogP contribution >= 0.6 is 0 Å². The van der Waals surface area contributed by atoms with E-state index in [2.05, 4.69) is 71.8 Å². The van der Waals surface area contributed by atoms with Gasteiger partial charge in [-0.25, -0.2) is 0 Å². The monoisotopic (exact) mass is 408 g/mol. The lowest BCUT2D eigenvalue weighted by Gasteiger charge is -2.25. The van der Waals surface area contributed by atoms with Crippen molar-refractivity contribution in [2.75, 3.05) is 6.54 Å². The Morgan fingerprint density at radius 1 is 0.903 bits per heavy atom. The Bertz CT molecular complexity index is 1240. The van der Waals surface area contributed by atoms with E-state index < -0.39 is 0 Å². The Balaban J connectivity index is 1.39. The van der Waals surface area contributed by atoms with Crippen molar-refractivity contribution in [3.8, 4) is 0 Å². The van der Waals surface area contributed by atoms with Gasteiger partial charge in [-0.3, -0.25) is 0 Å². The Morgan fingerprint density at radius 3 is 2.65 bits per heavy atom. The first-order valence-electron chi connectivity index (χ1n) is 12.1. The van der Waals surface area contributed by atoms with E-state index in [0.29, 0.717) is 6.04 Å². The van der Waals surface area contributed by atoms with Gasteiger partial charge in [-0.05, 0) is 90.2 Å². The second-order valence-electron chi connectivity index (χ2n) is 9.71. The number of benzene rings is 3. The molecule has 2 nitrogen and oxygen atoms in total. The summed E-state index contributed by atoms with van der Waals surface area (Å²) in [4.78, 5) is 3.84. The summed E-state index contributed by atoms with van der Waals surface area (Å²) in [6.07, 6.45) is 9.08.